The summed E-state index contributed by atoms with van der Waals surface area (Å²) < 4.78 is 0. The van der Waals surface area contributed by atoms with E-state index < -0.39 is 12.1 Å². The number of carbonyl (C=O) groups is 2. The first-order chi connectivity index (χ1) is 8.06. The van der Waals surface area contributed by atoms with Gasteiger partial charge in [0, 0.05) is 6.54 Å². The number of benzene rings is 1. The molecule has 17 heavy (non-hydrogen) atoms. The first kappa shape index (κ1) is 13.7. The first-order valence-corrected chi connectivity index (χ1v) is 6.30. The summed E-state index contributed by atoms with van der Waals surface area (Å²) in [5.41, 5.74) is 0.865. The quantitative estimate of drug-likeness (QED) is 0.850. The molecule has 0 aromatic heterocycles. The Labute approximate surface area is 108 Å². The monoisotopic (exact) mass is 299 g/mol. The fourth-order valence-electron chi connectivity index (χ4n) is 1.44. The molecule has 0 fully saturated rings. The molecule has 0 saturated carbocycles. The molecule has 92 valence electrons. The highest BCUT2D eigenvalue weighted by molar-refractivity contribution is 9.09. The van der Waals surface area contributed by atoms with E-state index in [4.69, 9.17) is 5.11 Å². The van der Waals surface area contributed by atoms with Gasteiger partial charge in [0.05, 0.1) is 11.4 Å². The number of hydrogen-bond donors (Lipinski definition) is 1. The molecule has 1 aromatic rings. The van der Waals surface area contributed by atoms with Gasteiger partial charge in [0.2, 0.25) is 0 Å². The maximum absolute atomic E-state index is 11.5. The van der Waals surface area contributed by atoms with Crippen LogP contribution in [0.5, 0.6) is 0 Å². The van der Waals surface area contributed by atoms with Crippen molar-refractivity contribution in [3.05, 3.63) is 35.9 Å². The van der Waals surface area contributed by atoms with E-state index in [-0.39, 0.29) is 17.7 Å². The molecule has 0 saturated heterocycles. The minimum Gasteiger partial charge on any atom is -0.465 e. The lowest BCUT2D eigenvalue weighted by Crippen LogP contribution is -2.42. The van der Waals surface area contributed by atoms with Crippen molar-refractivity contribution in [3.63, 3.8) is 0 Å². The molecule has 1 N–H and O–H groups in total. The van der Waals surface area contributed by atoms with E-state index in [1.807, 2.05) is 30.3 Å². The molecule has 0 radical (unpaired) electrons. The van der Waals surface area contributed by atoms with Gasteiger partial charge in [-0.2, -0.15) is 0 Å². The second-order valence-corrected chi connectivity index (χ2v) is 4.23. The SMILES string of the molecule is C[C@@H](C(=O)CBr)N(Cc1ccccc1)C(=O)O. The molecule has 0 aliphatic heterocycles. The van der Waals surface area contributed by atoms with E-state index in [1.54, 1.807) is 6.92 Å². The largest absolute Gasteiger partial charge is 0.465 e. The van der Waals surface area contributed by atoms with Gasteiger partial charge in [-0.15, -0.1) is 0 Å². The van der Waals surface area contributed by atoms with Crippen LogP contribution >= 0.6 is 15.9 Å². The third-order valence-electron chi connectivity index (χ3n) is 2.51. The number of carboxylic acid groups (broad SMARTS) is 1. The number of hydrogen-bond acceptors (Lipinski definition) is 2. The van der Waals surface area contributed by atoms with Crippen LogP contribution in [0.15, 0.2) is 30.3 Å². The summed E-state index contributed by atoms with van der Waals surface area (Å²) >= 11 is 3.05. The van der Waals surface area contributed by atoms with Crippen LogP contribution < -0.4 is 0 Å². The van der Waals surface area contributed by atoms with Gasteiger partial charge in [-0.05, 0) is 12.5 Å². The Morgan fingerprint density at radius 2 is 1.94 bits per heavy atom. The minimum absolute atomic E-state index is 0.150. The molecule has 1 amide bonds. The zero-order valence-electron chi connectivity index (χ0n) is 9.47. The molecule has 4 nitrogen and oxygen atoms in total. The Morgan fingerprint density at radius 3 is 2.41 bits per heavy atom. The lowest BCUT2D eigenvalue weighted by atomic mass is 10.1. The van der Waals surface area contributed by atoms with E-state index in [0.29, 0.717) is 0 Å². The third kappa shape index (κ3) is 3.85. The van der Waals surface area contributed by atoms with Gasteiger partial charge in [-0.25, -0.2) is 4.79 Å². The minimum atomic E-state index is -1.09. The summed E-state index contributed by atoms with van der Waals surface area (Å²) in [6, 6.07) is 8.56. The van der Waals surface area contributed by atoms with Gasteiger partial charge in [-0.3, -0.25) is 9.69 Å². The van der Waals surface area contributed by atoms with Gasteiger partial charge in [0.1, 0.15) is 0 Å². The Bertz CT molecular complexity index is 394. The molecule has 5 heteroatoms. The van der Waals surface area contributed by atoms with Gasteiger partial charge in [-0.1, -0.05) is 46.3 Å². The maximum atomic E-state index is 11.5. The van der Waals surface area contributed by atoms with Crippen LogP contribution in [0, 0.1) is 0 Å². The summed E-state index contributed by atoms with van der Waals surface area (Å²) in [6.07, 6.45) is -1.09. The first-order valence-electron chi connectivity index (χ1n) is 5.18. The number of rotatable bonds is 5. The maximum Gasteiger partial charge on any atom is 0.408 e. The predicted molar refractivity (Wildman–Crippen MR) is 68.3 cm³/mol. The molecular weight excluding hydrogens is 286 g/mol. The van der Waals surface area contributed by atoms with E-state index >= 15 is 0 Å². The normalized spacial score (nSPS) is 11.9. The van der Waals surface area contributed by atoms with Gasteiger partial charge >= 0.3 is 6.09 Å². The second kappa shape index (κ2) is 6.39. The highest BCUT2D eigenvalue weighted by Crippen LogP contribution is 2.10. The Hall–Kier alpha value is -1.36. The van der Waals surface area contributed by atoms with Crippen molar-refractivity contribution in [2.24, 2.45) is 0 Å². The average Bonchev–Trinajstić information content (AvgIpc) is 2.35. The fourth-order valence-corrected chi connectivity index (χ4v) is 1.90. The number of carbonyl (C=O) groups excluding carboxylic acids is 1. The molecule has 0 aliphatic rings. The van der Waals surface area contributed by atoms with Crippen LogP contribution in [0.2, 0.25) is 0 Å². The van der Waals surface area contributed by atoms with Crippen LogP contribution in [0.25, 0.3) is 0 Å². The van der Waals surface area contributed by atoms with Crippen molar-refractivity contribution in [1.82, 2.24) is 4.90 Å². The zero-order chi connectivity index (χ0) is 12.8. The number of nitrogens with zero attached hydrogens (tertiary/aromatic N) is 1. The van der Waals surface area contributed by atoms with Crippen molar-refractivity contribution in [2.75, 3.05) is 5.33 Å². The zero-order valence-corrected chi connectivity index (χ0v) is 11.1. The smallest absolute Gasteiger partial charge is 0.408 e. The van der Waals surface area contributed by atoms with Gasteiger partial charge in [0.25, 0.3) is 0 Å². The number of alkyl halides is 1. The van der Waals surface area contributed by atoms with Crippen LogP contribution in [0.1, 0.15) is 12.5 Å². The molecular formula is C12H14BrNO3. The lowest BCUT2D eigenvalue weighted by molar-refractivity contribution is -0.120. The summed E-state index contributed by atoms with van der Waals surface area (Å²) in [5.74, 6) is -0.150. The Balaban J connectivity index is 2.81. The van der Waals surface area contributed by atoms with Crippen molar-refractivity contribution in [1.29, 1.82) is 0 Å². The summed E-state index contributed by atoms with van der Waals surface area (Å²) in [4.78, 5) is 23.8. The molecule has 1 aromatic carbocycles. The Morgan fingerprint density at radius 1 is 1.35 bits per heavy atom. The van der Waals surface area contributed by atoms with Crippen LogP contribution in [0.3, 0.4) is 0 Å². The predicted octanol–water partition coefficient (Wildman–Crippen LogP) is 2.52. The molecule has 0 spiro atoms. The van der Waals surface area contributed by atoms with Crippen LogP contribution in [0.4, 0.5) is 4.79 Å². The standard InChI is InChI=1S/C12H14BrNO3/c1-9(11(15)7-13)14(12(16)17)8-10-5-3-2-4-6-10/h2-6,9H,7-8H2,1H3,(H,16,17)/t9-/m0/s1. The van der Waals surface area contributed by atoms with Crippen molar-refractivity contribution in [2.45, 2.75) is 19.5 Å². The van der Waals surface area contributed by atoms with E-state index in [9.17, 15) is 9.59 Å². The van der Waals surface area contributed by atoms with Crippen LogP contribution in [-0.4, -0.2) is 33.3 Å². The third-order valence-corrected chi connectivity index (χ3v) is 3.06. The van der Waals surface area contributed by atoms with Crippen molar-refractivity contribution in [3.8, 4) is 0 Å². The van der Waals surface area contributed by atoms with Gasteiger partial charge < -0.3 is 5.11 Å². The van der Waals surface area contributed by atoms with Crippen molar-refractivity contribution >= 4 is 27.8 Å². The lowest BCUT2D eigenvalue weighted by Gasteiger charge is -2.24. The summed E-state index contributed by atoms with van der Waals surface area (Å²) in [6.45, 7) is 1.82. The Kier molecular flexibility index (Phi) is 5.15. The molecule has 0 aliphatic carbocycles. The molecule has 1 atom stereocenters. The topological polar surface area (TPSA) is 57.6 Å². The molecule has 0 bridgehead atoms. The van der Waals surface area contributed by atoms with Gasteiger partial charge in [0.15, 0.2) is 5.78 Å². The number of ketones is 1. The number of Topliss-reactive ketones (excluding diaryl/α,β-unsaturated/α-hetero) is 1. The average molecular weight is 300 g/mol. The summed E-state index contributed by atoms with van der Waals surface area (Å²) in [7, 11) is 0. The highest BCUT2D eigenvalue weighted by atomic mass is 79.9. The van der Waals surface area contributed by atoms with E-state index in [1.165, 1.54) is 0 Å². The molecule has 1 rings (SSSR count). The molecule has 0 unspecified atom stereocenters. The highest BCUT2D eigenvalue weighted by Gasteiger charge is 2.24. The van der Waals surface area contributed by atoms with E-state index in [0.717, 1.165) is 10.5 Å². The number of halogens is 1. The van der Waals surface area contributed by atoms with Crippen LogP contribution in [-0.2, 0) is 11.3 Å². The van der Waals surface area contributed by atoms with E-state index in [2.05, 4.69) is 15.9 Å². The number of amides is 1. The summed E-state index contributed by atoms with van der Waals surface area (Å²) in [5, 5.41) is 9.27. The fraction of sp³-hybridized carbons (Fsp3) is 0.333. The second-order valence-electron chi connectivity index (χ2n) is 3.67. The molecule has 0 heterocycles. The van der Waals surface area contributed by atoms with Crippen molar-refractivity contribution < 1.29 is 14.7 Å².